The number of fused-ring (bicyclic) bond motifs is 1. The van der Waals surface area contributed by atoms with Crippen LogP contribution >= 0.6 is 11.3 Å². The highest BCUT2D eigenvalue weighted by molar-refractivity contribution is 7.92. The molecule has 1 N–H and O–H groups in total. The minimum absolute atomic E-state index is 0.00136. The lowest BCUT2D eigenvalue weighted by molar-refractivity contribution is -0.106. The number of esters is 1. The predicted molar refractivity (Wildman–Crippen MR) is 130 cm³/mol. The normalized spacial score (nSPS) is 16.3. The van der Waals surface area contributed by atoms with Gasteiger partial charge in [0.1, 0.15) is 5.69 Å². The topological polar surface area (TPSA) is 126 Å². The Bertz CT molecular complexity index is 1220. The lowest BCUT2D eigenvalue weighted by Gasteiger charge is -2.39. The first-order valence-electron chi connectivity index (χ1n) is 11.4. The molecule has 0 radical (unpaired) electrons. The van der Waals surface area contributed by atoms with Crippen molar-refractivity contribution >= 4 is 49.5 Å². The maximum Gasteiger partial charge on any atom is 0.404 e. The van der Waals surface area contributed by atoms with Gasteiger partial charge in [0.2, 0.25) is 15.0 Å². The molecule has 3 rings (SSSR count). The molecule has 0 aliphatic carbocycles. The number of sulfonamides is 1. The van der Waals surface area contributed by atoms with E-state index in [0.29, 0.717) is 13.0 Å². The van der Waals surface area contributed by atoms with Crippen LogP contribution in [0.15, 0.2) is 22.4 Å². The van der Waals surface area contributed by atoms with Crippen molar-refractivity contribution in [1.29, 1.82) is 0 Å². The van der Waals surface area contributed by atoms with Gasteiger partial charge in [-0.25, -0.2) is 13.2 Å². The predicted octanol–water partition coefficient (Wildman–Crippen LogP) is 5.38. The number of anilines is 2. The van der Waals surface area contributed by atoms with Crippen LogP contribution in [-0.4, -0.2) is 55.7 Å². The number of benzene rings is 1. The van der Waals surface area contributed by atoms with Crippen molar-refractivity contribution in [2.24, 2.45) is 10.2 Å². The third kappa shape index (κ3) is 7.12. The Kier molecular flexibility index (Phi) is 8.87. The lowest BCUT2D eigenvalue weighted by Crippen LogP contribution is -2.39. The molecule has 0 spiro atoms. The van der Waals surface area contributed by atoms with Gasteiger partial charge in [-0.15, -0.1) is 20.4 Å². The standard InChI is InChI=1S/C21H27F3N6O4S2/c1-4-9-30-14(5-2)8-7-13-10-15(25-27-20-28-26-18(35-20)19(31)34-6-3)16(11-17(13)30)29-36(32,33)12-21(22,23)24/h10-11,14,29H,4-9,12H2,1-3H3. The van der Waals surface area contributed by atoms with Gasteiger partial charge in [0, 0.05) is 18.3 Å². The molecule has 1 aromatic carbocycles. The number of nitrogens with zero attached hydrogens (tertiary/aromatic N) is 5. The molecular weight excluding hydrogens is 521 g/mol. The van der Waals surface area contributed by atoms with Crippen molar-refractivity contribution in [2.45, 2.75) is 58.7 Å². The third-order valence-corrected chi connectivity index (χ3v) is 7.38. The van der Waals surface area contributed by atoms with Crippen LogP contribution in [-0.2, 0) is 21.2 Å². The number of azo groups is 1. The zero-order valence-electron chi connectivity index (χ0n) is 20.0. The van der Waals surface area contributed by atoms with Gasteiger partial charge in [0.15, 0.2) is 5.75 Å². The van der Waals surface area contributed by atoms with Gasteiger partial charge in [-0.3, -0.25) is 4.72 Å². The molecule has 0 fully saturated rings. The fraction of sp³-hybridized carbons (Fsp3) is 0.571. The fourth-order valence-corrected chi connectivity index (χ4v) is 5.50. The number of halogens is 3. The number of nitrogens with one attached hydrogen (secondary N) is 1. The van der Waals surface area contributed by atoms with E-state index in [2.05, 4.69) is 32.2 Å². The van der Waals surface area contributed by atoms with Crippen LogP contribution < -0.4 is 9.62 Å². The number of aromatic nitrogens is 2. The van der Waals surface area contributed by atoms with Gasteiger partial charge in [0.05, 0.1) is 12.3 Å². The number of carbonyl (C=O) groups is 1. The molecule has 1 atom stereocenters. The van der Waals surface area contributed by atoms with E-state index in [1.807, 2.05) is 11.6 Å². The van der Waals surface area contributed by atoms with Crippen molar-refractivity contribution < 1.29 is 31.1 Å². The van der Waals surface area contributed by atoms with E-state index in [9.17, 15) is 26.4 Å². The molecule has 0 saturated heterocycles. The van der Waals surface area contributed by atoms with Gasteiger partial charge in [-0.2, -0.15) is 13.2 Å². The molecule has 0 bridgehead atoms. The summed E-state index contributed by atoms with van der Waals surface area (Å²) in [7, 11) is -4.77. The van der Waals surface area contributed by atoms with Gasteiger partial charge >= 0.3 is 12.1 Å². The summed E-state index contributed by atoms with van der Waals surface area (Å²) in [5.74, 6) is -2.71. The molecule has 2 aromatic rings. The number of alkyl halides is 3. The monoisotopic (exact) mass is 548 g/mol. The first-order valence-corrected chi connectivity index (χ1v) is 13.9. The molecule has 1 aromatic heterocycles. The van der Waals surface area contributed by atoms with Crippen LogP contribution in [0.25, 0.3) is 0 Å². The van der Waals surface area contributed by atoms with E-state index in [-0.39, 0.29) is 34.2 Å². The Labute approximate surface area is 211 Å². The van der Waals surface area contributed by atoms with Crippen LogP contribution in [0.1, 0.15) is 55.4 Å². The van der Waals surface area contributed by atoms with Crippen molar-refractivity contribution in [3.63, 3.8) is 0 Å². The number of hydrogen-bond acceptors (Lipinski definition) is 10. The molecule has 1 aliphatic rings. The molecule has 0 amide bonds. The number of aryl methyl sites for hydroxylation is 1. The summed E-state index contributed by atoms with van der Waals surface area (Å²) in [5, 5.41) is 15.4. The maximum absolute atomic E-state index is 12.9. The minimum atomic E-state index is -4.92. The zero-order chi connectivity index (χ0) is 26.5. The Hall–Kier alpha value is -2.81. The zero-order valence-corrected chi connectivity index (χ0v) is 21.6. The number of ether oxygens (including phenoxy) is 1. The molecule has 0 saturated carbocycles. The Morgan fingerprint density at radius 2 is 2.00 bits per heavy atom. The highest BCUT2D eigenvalue weighted by Gasteiger charge is 2.36. The van der Waals surface area contributed by atoms with Crippen molar-refractivity contribution in [3.8, 4) is 0 Å². The van der Waals surface area contributed by atoms with Crippen LogP contribution in [0.3, 0.4) is 0 Å². The summed E-state index contributed by atoms with van der Waals surface area (Å²) >= 11 is 0.813. The molecule has 15 heteroatoms. The summed E-state index contributed by atoms with van der Waals surface area (Å²) in [4.78, 5) is 13.9. The van der Waals surface area contributed by atoms with Crippen LogP contribution in [0.2, 0.25) is 0 Å². The number of rotatable bonds is 10. The van der Waals surface area contributed by atoms with Crippen molar-refractivity contribution in [2.75, 3.05) is 28.5 Å². The average Bonchev–Trinajstić information content (AvgIpc) is 3.26. The smallest absolute Gasteiger partial charge is 0.404 e. The molecule has 10 nitrogen and oxygen atoms in total. The fourth-order valence-electron chi connectivity index (χ4n) is 3.94. The summed E-state index contributed by atoms with van der Waals surface area (Å²) in [6.07, 6.45) is -1.64. The molecule has 198 valence electrons. The Morgan fingerprint density at radius 1 is 1.25 bits per heavy atom. The van der Waals surface area contributed by atoms with Gasteiger partial charge < -0.3 is 9.64 Å². The van der Waals surface area contributed by atoms with Crippen LogP contribution in [0.4, 0.5) is 35.4 Å². The van der Waals surface area contributed by atoms with Gasteiger partial charge in [-0.1, -0.05) is 25.2 Å². The van der Waals surface area contributed by atoms with Crippen LogP contribution in [0.5, 0.6) is 0 Å². The first kappa shape index (κ1) is 27.8. The Morgan fingerprint density at radius 3 is 2.64 bits per heavy atom. The number of hydrogen-bond donors (Lipinski definition) is 1. The van der Waals surface area contributed by atoms with Crippen molar-refractivity contribution in [3.05, 3.63) is 22.7 Å². The SMILES string of the molecule is CCCN1c2cc(NS(=O)(=O)CC(F)(F)F)c(N=Nc3nnc(C(=O)OCC)s3)cc2CCC1CC. The molecule has 1 aliphatic heterocycles. The second-order valence-corrected chi connectivity index (χ2v) is 10.8. The number of carbonyl (C=O) groups excluding carboxylic acids is 1. The summed E-state index contributed by atoms with van der Waals surface area (Å²) in [6.45, 7) is 6.58. The van der Waals surface area contributed by atoms with E-state index in [0.717, 1.165) is 41.9 Å². The summed E-state index contributed by atoms with van der Waals surface area (Å²) < 4.78 is 70.0. The quantitative estimate of drug-likeness (QED) is 0.312. The summed E-state index contributed by atoms with van der Waals surface area (Å²) in [6, 6.07) is 3.36. The van der Waals surface area contributed by atoms with E-state index in [1.165, 1.54) is 6.07 Å². The molecule has 2 heterocycles. The highest BCUT2D eigenvalue weighted by Crippen LogP contribution is 2.40. The molecular formula is C21H27F3N6O4S2. The largest absolute Gasteiger partial charge is 0.461 e. The van der Waals surface area contributed by atoms with Crippen molar-refractivity contribution in [1.82, 2.24) is 10.2 Å². The third-order valence-electron chi connectivity index (χ3n) is 5.36. The highest BCUT2D eigenvalue weighted by atomic mass is 32.2. The second-order valence-electron chi connectivity index (χ2n) is 8.08. The minimum Gasteiger partial charge on any atom is -0.461 e. The van der Waals surface area contributed by atoms with E-state index in [4.69, 9.17) is 4.74 Å². The second kappa shape index (κ2) is 11.5. The van der Waals surface area contributed by atoms with E-state index >= 15 is 0 Å². The van der Waals surface area contributed by atoms with E-state index in [1.54, 1.807) is 13.0 Å². The first-order chi connectivity index (χ1) is 17.0. The molecule has 1 unspecified atom stereocenters. The maximum atomic E-state index is 12.9. The average molecular weight is 549 g/mol. The summed E-state index contributed by atoms with van der Waals surface area (Å²) in [5.41, 5.74) is 1.53. The van der Waals surface area contributed by atoms with Crippen LogP contribution in [0, 0.1) is 0 Å². The van der Waals surface area contributed by atoms with Gasteiger partial charge in [-0.05, 0) is 50.3 Å². The van der Waals surface area contributed by atoms with E-state index < -0.39 is 27.9 Å². The lowest BCUT2D eigenvalue weighted by atomic mass is 9.93. The van der Waals surface area contributed by atoms with Gasteiger partial charge in [0.25, 0.3) is 5.13 Å². The molecule has 36 heavy (non-hydrogen) atoms. The Balaban J connectivity index is 2.02.